The fourth-order valence-electron chi connectivity index (χ4n) is 1.88. The molecule has 0 spiro atoms. The minimum absolute atomic E-state index is 0.0432. The number of carbonyl (C=O) groups excluding carboxylic acids is 1. The molecule has 1 atom stereocenters. The van der Waals surface area contributed by atoms with Crippen molar-refractivity contribution in [3.05, 3.63) is 54.0 Å². The van der Waals surface area contributed by atoms with E-state index < -0.39 is 22.0 Å². The average molecular weight is 347 g/mol. The van der Waals surface area contributed by atoms with Crippen LogP contribution in [0.4, 0.5) is 0 Å². The maximum absolute atomic E-state index is 12.4. The third-order valence-electron chi connectivity index (χ3n) is 3.15. The number of benzene rings is 1. The summed E-state index contributed by atoms with van der Waals surface area (Å²) in [6, 6.07) is 8.54. The van der Waals surface area contributed by atoms with Crippen LogP contribution in [0.15, 0.2) is 52.0 Å². The van der Waals surface area contributed by atoms with Crippen molar-refractivity contribution in [2.45, 2.75) is 24.3 Å². The Hall–Kier alpha value is -2.56. The van der Waals surface area contributed by atoms with E-state index in [-0.39, 0.29) is 11.3 Å². The van der Waals surface area contributed by atoms with Crippen LogP contribution in [0.3, 0.4) is 0 Å². The van der Waals surface area contributed by atoms with Gasteiger partial charge in [-0.15, -0.1) is 0 Å². The highest BCUT2D eigenvalue weighted by atomic mass is 32.2. The van der Waals surface area contributed by atoms with Crippen LogP contribution in [0.25, 0.3) is 0 Å². The molecule has 0 radical (unpaired) electrons. The summed E-state index contributed by atoms with van der Waals surface area (Å²) in [5, 5.41) is 0. The molecule has 0 aliphatic rings. The molecule has 0 amide bonds. The van der Waals surface area contributed by atoms with Crippen molar-refractivity contribution < 1.29 is 22.4 Å². The van der Waals surface area contributed by atoms with E-state index in [1.54, 1.807) is 24.3 Å². The summed E-state index contributed by atoms with van der Waals surface area (Å²) < 4.78 is 36.8. The van der Waals surface area contributed by atoms with Gasteiger partial charge in [-0.05, 0) is 37.1 Å². The molecule has 1 aromatic carbocycles. The highest BCUT2D eigenvalue weighted by Gasteiger charge is 2.25. The van der Waals surface area contributed by atoms with E-state index in [0.29, 0.717) is 5.76 Å². The van der Waals surface area contributed by atoms with Gasteiger partial charge in [-0.25, -0.2) is 8.42 Å². The topological polar surface area (TPSA) is 85.6 Å². The van der Waals surface area contributed by atoms with Crippen LogP contribution in [0.5, 0.6) is 0 Å². The minimum Gasteiger partial charge on any atom is -0.468 e. The Morgan fingerprint density at radius 3 is 2.58 bits per heavy atom. The third-order valence-corrected chi connectivity index (χ3v) is 4.64. The molecule has 1 aromatic heterocycles. The summed E-state index contributed by atoms with van der Waals surface area (Å²) in [7, 11) is -2.67. The first-order valence-electron chi connectivity index (χ1n) is 7.11. The number of carbonyl (C=O) groups is 1. The summed E-state index contributed by atoms with van der Waals surface area (Å²) in [6.45, 7) is 1.85. The lowest BCUT2D eigenvalue weighted by atomic mass is 10.2. The lowest BCUT2D eigenvalue weighted by molar-refractivity contribution is -0.142. The van der Waals surface area contributed by atoms with E-state index in [1.165, 1.54) is 25.5 Å². The normalized spacial score (nSPS) is 12.1. The molecule has 1 heterocycles. The zero-order chi connectivity index (χ0) is 17.6. The number of methoxy groups -OCH3 is 1. The summed E-state index contributed by atoms with van der Waals surface area (Å²) in [4.78, 5) is 11.9. The molecule has 0 aliphatic heterocycles. The Bertz CT molecular complexity index is 843. The largest absolute Gasteiger partial charge is 0.468 e. The Morgan fingerprint density at radius 2 is 2.00 bits per heavy atom. The lowest BCUT2D eigenvalue weighted by Crippen LogP contribution is -2.41. The first-order valence-corrected chi connectivity index (χ1v) is 8.60. The van der Waals surface area contributed by atoms with E-state index in [2.05, 4.69) is 21.3 Å². The average Bonchev–Trinajstić information content (AvgIpc) is 3.07. The van der Waals surface area contributed by atoms with Gasteiger partial charge in [0.25, 0.3) is 0 Å². The Balaban J connectivity index is 2.16. The van der Waals surface area contributed by atoms with Crippen molar-refractivity contribution in [2.24, 2.45) is 0 Å². The molecule has 2 aromatic rings. The predicted molar refractivity (Wildman–Crippen MR) is 87.5 cm³/mol. The van der Waals surface area contributed by atoms with Crippen molar-refractivity contribution >= 4 is 16.0 Å². The molecule has 0 aliphatic carbocycles. The SMILES string of the molecule is COC(=O)C(CC#Cc1ccco1)NS(=O)(=O)c1ccc(C)cc1. The summed E-state index contributed by atoms with van der Waals surface area (Å²) in [6.07, 6.45) is 1.43. The van der Waals surface area contributed by atoms with Gasteiger partial charge in [-0.3, -0.25) is 4.79 Å². The molecule has 6 nitrogen and oxygen atoms in total. The Kier molecular flexibility index (Phi) is 5.79. The Labute approximate surface area is 140 Å². The van der Waals surface area contributed by atoms with Crippen LogP contribution in [0, 0.1) is 18.8 Å². The van der Waals surface area contributed by atoms with Gasteiger partial charge in [0.1, 0.15) is 6.04 Å². The van der Waals surface area contributed by atoms with E-state index >= 15 is 0 Å². The van der Waals surface area contributed by atoms with E-state index in [1.807, 2.05) is 6.92 Å². The fraction of sp³-hybridized carbons (Fsp3) is 0.235. The van der Waals surface area contributed by atoms with Gasteiger partial charge in [0, 0.05) is 6.42 Å². The first-order chi connectivity index (χ1) is 11.4. The molecule has 126 valence electrons. The number of hydrogen-bond acceptors (Lipinski definition) is 5. The molecule has 1 N–H and O–H groups in total. The van der Waals surface area contributed by atoms with Gasteiger partial charge in [0.05, 0.1) is 18.3 Å². The van der Waals surface area contributed by atoms with Crippen LogP contribution in [0.1, 0.15) is 17.7 Å². The number of ether oxygens (including phenoxy) is 1. The van der Waals surface area contributed by atoms with Gasteiger partial charge in [0.15, 0.2) is 5.76 Å². The first kappa shape index (κ1) is 17.8. The quantitative estimate of drug-likeness (QED) is 0.659. The van der Waals surface area contributed by atoms with Crippen molar-refractivity contribution in [3.8, 4) is 11.8 Å². The summed E-state index contributed by atoms with van der Waals surface area (Å²) in [5.41, 5.74) is 0.933. The van der Waals surface area contributed by atoms with E-state index in [9.17, 15) is 13.2 Å². The highest BCUT2D eigenvalue weighted by molar-refractivity contribution is 7.89. The number of sulfonamides is 1. The molecule has 7 heteroatoms. The molecule has 24 heavy (non-hydrogen) atoms. The van der Waals surface area contributed by atoms with Crippen LogP contribution < -0.4 is 4.72 Å². The Morgan fingerprint density at radius 1 is 1.29 bits per heavy atom. The molecule has 2 rings (SSSR count). The molecular weight excluding hydrogens is 330 g/mol. The van der Waals surface area contributed by atoms with Crippen molar-refractivity contribution in [1.82, 2.24) is 4.72 Å². The molecule has 0 saturated heterocycles. The number of nitrogens with one attached hydrogen (secondary N) is 1. The summed E-state index contributed by atoms with van der Waals surface area (Å²) in [5.74, 6) is 5.14. The van der Waals surface area contributed by atoms with Crippen molar-refractivity contribution in [3.63, 3.8) is 0 Å². The number of esters is 1. The summed E-state index contributed by atoms with van der Waals surface area (Å²) >= 11 is 0. The zero-order valence-electron chi connectivity index (χ0n) is 13.3. The van der Waals surface area contributed by atoms with Gasteiger partial charge >= 0.3 is 5.97 Å². The highest BCUT2D eigenvalue weighted by Crippen LogP contribution is 2.11. The van der Waals surface area contributed by atoms with Crippen molar-refractivity contribution in [1.29, 1.82) is 0 Å². The predicted octanol–water partition coefficient (Wildman–Crippen LogP) is 1.85. The van der Waals surface area contributed by atoms with Gasteiger partial charge < -0.3 is 9.15 Å². The van der Waals surface area contributed by atoms with Gasteiger partial charge in [-0.2, -0.15) is 4.72 Å². The second-order valence-electron chi connectivity index (χ2n) is 4.99. The van der Waals surface area contributed by atoms with Gasteiger partial charge in [0.2, 0.25) is 10.0 Å². The van der Waals surface area contributed by atoms with E-state index in [0.717, 1.165) is 5.56 Å². The number of rotatable bonds is 5. The van der Waals surface area contributed by atoms with Crippen LogP contribution in [-0.4, -0.2) is 27.5 Å². The standard InChI is InChI=1S/C17H17NO5S/c1-13-8-10-15(11-9-13)24(20,21)18-16(17(19)22-2)7-3-5-14-6-4-12-23-14/h4,6,8-12,16,18H,7H2,1-2H3. The minimum atomic E-state index is -3.86. The van der Waals surface area contributed by atoms with E-state index in [4.69, 9.17) is 4.42 Å². The number of hydrogen-bond donors (Lipinski definition) is 1. The molecule has 0 bridgehead atoms. The molecule has 1 unspecified atom stereocenters. The second kappa shape index (κ2) is 7.81. The van der Waals surface area contributed by atoms with Crippen molar-refractivity contribution in [2.75, 3.05) is 7.11 Å². The second-order valence-corrected chi connectivity index (χ2v) is 6.71. The molecular formula is C17H17NO5S. The lowest BCUT2D eigenvalue weighted by Gasteiger charge is -2.14. The number of furan rings is 1. The van der Waals surface area contributed by atoms with Crippen LogP contribution >= 0.6 is 0 Å². The third kappa shape index (κ3) is 4.72. The molecule has 0 saturated carbocycles. The molecule has 0 fully saturated rings. The number of aryl methyl sites for hydroxylation is 1. The zero-order valence-corrected chi connectivity index (χ0v) is 14.1. The fourth-order valence-corrected chi connectivity index (χ4v) is 3.06. The maximum atomic E-state index is 12.4. The maximum Gasteiger partial charge on any atom is 0.324 e. The van der Waals surface area contributed by atoms with Crippen LogP contribution in [-0.2, 0) is 19.6 Å². The van der Waals surface area contributed by atoms with Crippen LogP contribution in [0.2, 0.25) is 0 Å². The monoisotopic (exact) mass is 347 g/mol. The smallest absolute Gasteiger partial charge is 0.324 e. The van der Waals surface area contributed by atoms with Gasteiger partial charge in [-0.1, -0.05) is 23.6 Å².